The largest absolute Gasteiger partial charge is 0.497 e. The van der Waals surface area contributed by atoms with Gasteiger partial charge in [0.2, 0.25) is 15.9 Å². The first-order valence-electron chi connectivity index (χ1n) is 10.4. The first-order valence-corrected chi connectivity index (χ1v) is 12.2. The minimum absolute atomic E-state index is 0.211. The van der Waals surface area contributed by atoms with Gasteiger partial charge in [-0.3, -0.25) is 9.10 Å². The van der Waals surface area contributed by atoms with E-state index in [0.29, 0.717) is 17.2 Å². The lowest BCUT2D eigenvalue weighted by molar-refractivity contribution is -0.121. The first-order chi connectivity index (χ1) is 15.7. The van der Waals surface area contributed by atoms with E-state index in [4.69, 9.17) is 14.2 Å². The molecule has 0 aliphatic carbocycles. The van der Waals surface area contributed by atoms with Gasteiger partial charge in [-0.15, -0.1) is 0 Å². The molecule has 0 aromatic heterocycles. The predicted molar refractivity (Wildman–Crippen MR) is 129 cm³/mol. The maximum Gasteiger partial charge on any atom is 0.243 e. The highest BCUT2D eigenvalue weighted by molar-refractivity contribution is 7.92. The molecular formula is C24H28N2O6S. The van der Waals surface area contributed by atoms with Gasteiger partial charge in [0.25, 0.3) is 0 Å². The number of hydrogen-bond acceptors (Lipinski definition) is 6. The van der Waals surface area contributed by atoms with Crippen LogP contribution in [0.2, 0.25) is 0 Å². The molecule has 0 bridgehead atoms. The molecule has 1 atom stereocenters. The van der Waals surface area contributed by atoms with Gasteiger partial charge in [0.1, 0.15) is 29.9 Å². The Bertz CT molecular complexity index is 1230. The van der Waals surface area contributed by atoms with Crippen molar-refractivity contribution in [2.75, 3.05) is 37.9 Å². The van der Waals surface area contributed by atoms with Gasteiger partial charge in [-0.25, -0.2) is 8.42 Å². The zero-order valence-corrected chi connectivity index (χ0v) is 19.9. The molecule has 0 radical (unpaired) electrons. The lowest BCUT2D eigenvalue weighted by Gasteiger charge is -2.29. The topological polar surface area (TPSA) is 94.2 Å². The summed E-state index contributed by atoms with van der Waals surface area (Å²) >= 11 is 0. The van der Waals surface area contributed by atoms with Gasteiger partial charge < -0.3 is 19.5 Å². The number of amides is 1. The Kier molecular flexibility index (Phi) is 7.65. The Morgan fingerprint density at radius 2 is 1.67 bits per heavy atom. The molecule has 3 aromatic carbocycles. The molecule has 1 N–H and O–H groups in total. The fourth-order valence-corrected chi connectivity index (χ4v) is 4.67. The van der Waals surface area contributed by atoms with E-state index in [2.05, 4.69) is 5.32 Å². The first kappa shape index (κ1) is 24.2. The number of ether oxygens (including phenoxy) is 3. The van der Waals surface area contributed by atoms with Crippen molar-refractivity contribution >= 4 is 32.4 Å². The molecule has 0 heterocycles. The maximum absolute atomic E-state index is 12.8. The number of nitrogens with zero attached hydrogens (tertiary/aromatic N) is 1. The Morgan fingerprint density at radius 1 is 0.970 bits per heavy atom. The van der Waals surface area contributed by atoms with Gasteiger partial charge in [0.05, 0.1) is 32.7 Å². The zero-order chi connectivity index (χ0) is 24.0. The summed E-state index contributed by atoms with van der Waals surface area (Å²) in [5.41, 5.74) is 0.217. The van der Waals surface area contributed by atoms with Crippen LogP contribution >= 0.6 is 0 Å². The Morgan fingerprint density at radius 3 is 2.33 bits per heavy atom. The fourth-order valence-electron chi connectivity index (χ4n) is 3.50. The van der Waals surface area contributed by atoms with Gasteiger partial charge in [-0.2, -0.15) is 0 Å². The number of rotatable bonds is 10. The van der Waals surface area contributed by atoms with E-state index in [-0.39, 0.29) is 18.8 Å². The molecule has 3 rings (SSSR count). The van der Waals surface area contributed by atoms with Crippen LogP contribution in [0.15, 0.2) is 60.7 Å². The van der Waals surface area contributed by atoms with Crippen molar-refractivity contribution in [3.63, 3.8) is 0 Å². The van der Waals surface area contributed by atoms with Crippen molar-refractivity contribution in [3.8, 4) is 17.2 Å². The van der Waals surface area contributed by atoms with E-state index in [1.54, 1.807) is 12.1 Å². The third-order valence-corrected chi connectivity index (χ3v) is 6.33. The van der Waals surface area contributed by atoms with Crippen molar-refractivity contribution in [3.05, 3.63) is 60.7 Å². The number of carbonyl (C=O) groups is 1. The number of carbonyl (C=O) groups excluding carboxylic acids is 1. The molecule has 1 amide bonds. The molecule has 176 valence electrons. The van der Waals surface area contributed by atoms with Gasteiger partial charge in [-0.05, 0) is 42.0 Å². The van der Waals surface area contributed by atoms with Gasteiger partial charge in [0, 0.05) is 6.07 Å². The van der Waals surface area contributed by atoms with Gasteiger partial charge in [0.15, 0.2) is 0 Å². The summed E-state index contributed by atoms with van der Waals surface area (Å²) in [4.78, 5) is 12.8. The van der Waals surface area contributed by atoms with Crippen LogP contribution < -0.4 is 23.8 Å². The summed E-state index contributed by atoms with van der Waals surface area (Å²) in [6, 6.07) is 17.5. The van der Waals surface area contributed by atoms with E-state index < -0.39 is 22.0 Å². The van der Waals surface area contributed by atoms with Crippen molar-refractivity contribution < 1.29 is 27.4 Å². The molecule has 0 aliphatic rings. The summed E-state index contributed by atoms with van der Waals surface area (Å²) in [5.74, 6) is 0.971. The van der Waals surface area contributed by atoms with Crippen molar-refractivity contribution in [1.29, 1.82) is 0 Å². The monoisotopic (exact) mass is 472 g/mol. The average molecular weight is 473 g/mol. The molecule has 0 fully saturated rings. The standard InChI is InChI=1S/C24H28N2O6S/c1-17(26(33(4,28)29)22-16-20(30-2)11-12-23(22)31-3)24(27)25-13-14-32-21-10-9-18-7-5-6-8-19(18)15-21/h5-12,15-17H,13-14H2,1-4H3,(H,25,27)/t17-/m0/s1. The number of methoxy groups -OCH3 is 2. The van der Waals surface area contributed by atoms with Crippen molar-refractivity contribution in [1.82, 2.24) is 5.32 Å². The highest BCUT2D eigenvalue weighted by atomic mass is 32.2. The van der Waals surface area contributed by atoms with Crippen LogP contribution in [0.5, 0.6) is 17.2 Å². The molecule has 0 saturated carbocycles. The summed E-state index contributed by atoms with van der Waals surface area (Å²) in [5, 5.41) is 4.91. The molecule has 8 nitrogen and oxygen atoms in total. The van der Waals surface area contributed by atoms with Crippen LogP contribution in [0.4, 0.5) is 5.69 Å². The van der Waals surface area contributed by atoms with E-state index in [0.717, 1.165) is 21.3 Å². The molecular weight excluding hydrogens is 444 g/mol. The molecule has 3 aromatic rings. The highest BCUT2D eigenvalue weighted by Gasteiger charge is 2.31. The smallest absolute Gasteiger partial charge is 0.243 e. The van der Waals surface area contributed by atoms with Crippen LogP contribution in [0.1, 0.15) is 6.92 Å². The molecule has 0 aliphatic heterocycles. The number of sulfonamides is 1. The number of hydrogen-bond donors (Lipinski definition) is 1. The minimum atomic E-state index is -3.81. The van der Waals surface area contributed by atoms with Crippen molar-refractivity contribution in [2.24, 2.45) is 0 Å². The van der Waals surface area contributed by atoms with Gasteiger partial charge in [-0.1, -0.05) is 30.3 Å². The summed E-state index contributed by atoms with van der Waals surface area (Å²) in [7, 11) is -0.903. The van der Waals surface area contributed by atoms with Crippen LogP contribution in [0.3, 0.4) is 0 Å². The number of nitrogens with one attached hydrogen (secondary N) is 1. The van der Waals surface area contributed by atoms with Crippen LogP contribution in [-0.2, 0) is 14.8 Å². The fraction of sp³-hybridized carbons (Fsp3) is 0.292. The number of anilines is 1. The Balaban J connectivity index is 1.67. The second kappa shape index (κ2) is 10.4. The lowest BCUT2D eigenvalue weighted by atomic mass is 10.1. The second-order valence-electron chi connectivity index (χ2n) is 7.42. The van der Waals surface area contributed by atoms with E-state index >= 15 is 0 Å². The van der Waals surface area contributed by atoms with Crippen LogP contribution in [0.25, 0.3) is 10.8 Å². The van der Waals surface area contributed by atoms with Crippen molar-refractivity contribution in [2.45, 2.75) is 13.0 Å². The second-order valence-corrected chi connectivity index (χ2v) is 9.28. The zero-order valence-electron chi connectivity index (χ0n) is 19.1. The summed E-state index contributed by atoms with van der Waals surface area (Å²) in [6.45, 7) is 1.96. The molecule has 33 heavy (non-hydrogen) atoms. The predicted octanol–water partition coefficient (Wildman–Crippen LogP) is 3.21. The summed E-state index contributed by atoms with van der Waals surface area (Å²) < 4.78 is 42.5. The van der Waals surface area contributed by atoms with E-state index in [1.165, 1.54) is 27.2 Å². The molecule has 0 saturated heterocycles. The molecule has 0 spiro atoms. The third-order valence-electron chi connectivity index (χ3n) is 5.10. The third kappa shape index (κ3) is 5.87. The maximum atomic E-state index is 12.8. The van der Waals surface area contributed by atoms with Gasteiger partial charge >= 0.3 is 0 Å². The minimum Gasteiger partial charge on any atom is -0.497 e. The van der Waals surface area contributed by atoms with E-state index in [9.17, 15) is 13.2 Å². The average Bonchev–Trinajstić information content (AvgIpc) is 2.80. The quantitative estimate of drug-likeness (QED) is 0.456. The Labute approximate surface area is 194 Å². The lowest BCUT2D eigenvalue weighted by Crippen LogP contribution is -2.48. The molecule has 0 unspecified atom stereocenters. The Hall–Kier alpha value is -3.46. The SMILES string of the molecule is COc1ccc(OC)c(N([C@@H](C)C(=O)NCCOc2ccc3ccccc3c2)S(C)(=O)=O)c1. The highest BCUT2D eigenvalue weighted by Crippen LogP contribution is 2.35. The number of benzene rings is 3. The molecule has 9 heteroatoms. The van der Waals surface area contributed by atoms with Crippen LogP contribution in [-0.4, -0.2) is 54.0 Å². The number of fused-ring (bicyclic) bond motifs is 1. The van der Waals surface area contributed by atoms with Crippen LogP contribution in [0, 0.1) is 0 Å². The van der Waals surface area contributed by atoms with E-state index in [1.807, 2.05) is 42.5 Å². The normalized spacial score (nSPS) is 12.1. The summed E-state index contributed by atoms with van der Waals surface area (Å²) in [6.07, 6.45) is 1.04.